The van der Waals surface area contributed by atoms with Gasteiger partial charge in [0.05, 0.1) is 6.42 Å². The monoisotopic (exact) mass is 241 g/mol. The molecule has 0 aromatic rings. The lowest BCUT2D eigenvalue weighted by molar-refractivity contribution is -0.151. The van der Waals surface area contributed by atoms with Crippen molar-refractivity contribution < 1.29 is 9.53 Å². The first kappa shape index (κ1) is 14.5. The van der Waals surface area contributed by atoms with Gasteiger partial charge in [0.15, 0.2) is 0 Å². The van der Waals surface area contributed by atoms with E-state index in [2.05, 4.69) is 19.2 Å². The van der Waals surface area contributed by atoms with E-state index in [1.54, 1.807) is 0 Å². The van der Waals surface area contributed by atoms with Gasteiger partial charge in [0.25, 0.3) is 0 Å². The molecule has 17 heavy (non-hydrogen) atoms. The maximum absolute atomic E-state index is 11.7. The van der Waals surface area contributed by atoms with Gasteiger partial charge in [-0.3, -0.25) is 4.79 Å². The summed E-state index contributed by atoms with van der Waals surface area (Å²) in [7, 11) is 0. The highest BCUT2D eigenvalue weighted by Gasteiger charge is 2.24. The zero-order valence-corrected chi connectivity index (χ0v) is 11.5. The largest absolute Gasteiger partial charge is 0.462 e. The molecule has 0 spiro atoms. The first-order valence-electron chi connectivity index (χ1n) is 7.08. The summed E-state index contributed by atoms with van der Waals surface area (Å²) in [6, 6.07) is 0.220. The summed E-state index contributed by atoms with van der Waals surface area (Å²) in [5.74, 6) is 0.716. The minimum absolute atomic E-state index is 0.0415. The van der Waals surface area contributed by atoms with Gasteiger partial charge in [0, 0.05) is 6.04 Å². The second kappa shape index (κ2) is 7.70. The third kappa shape index (κ3) is 5.53. The Morgan fingerprint density at radius 3 is 2.82 bits per heavy atom. The van der Waals surface area contributed by atoms with Gasteiger partial charge in [0.1, 0.15) is 6.10 Å². The highest BCUT2D eigenvalue weighted by Crippen LogP contribution is 2.28. The van der Waals surface area contributed by atoms with Crippen LogP contribution in [0.15, 0.2) is 0 Å². The van der Waals surface area contributed by atoms with Gasteiger partial charge in [-0.25, -0.2) is 0 Å². The van der Waals surface area contributed by atoms with Crippen LogP contribution >= 0.6 is 0 Å². The minimum Gasteiger partial charge on any atom is -0.462 e. The van der Waals surface area contributed by atoms with Crippen molar-refractivity contribution in [2.45, 2.75) is 71.4 Å². The number of esters is 1. The predicted octanol–water partition coefficient (Wildman–Crippen LogP) is 2.89. The van der Waals surface area contributed by atoms with E-state index in [4.69, 9.17) is 4.74 Å². The number of nitrogens with one attached hydrogen (secondary N) is 1. The summed E-state index contributed by atoms with van der Waals surface area (Å²) in [5.41, 5.74) is 0. The smallest absolute Gasteiger partial charge is 0.307 e. The van der Waals surface area contributed by atoms with Crippen molar-refractivity contribution in [3.63, 3.8) is 0 Å². The normalized spacial score (nSPS) is 26.5. The molecule has 1 N–H and O–H groups in total. The Morgan fingerprint density at radius 2 is 2.18 bits per heavy atom. The Kier molecular flexibility index (Phi) is 6.56. The van der Waals surface area contributed by atoms with E-state index in [9.17, 15) is 4.79 Å². The van der Waals surface area contributed by atoms with Crippen LogP contribution < -0.4 is 5.32 Å². The summed E-state index contributed by atoms with van der Waals surface area (Å²) in [6.45, 7) is 7.20. The summed E-state index contributed by atoms with van der Waals surface area (Å²) >= 11 is 0. The SMILES string of the molecule is CCNC(C)CC(=O)OC1CCCC(CC)C1. The second-order valence-corrected chi connectivity index (χ2v) is 5.22. The molecule has 0 saturated heterocycles. The van der Waals surface area contributed by atoms with Crippen LogP contribution in [0, 0.1) is 5.92 Å². The van der Waals surface area contributed by atoms with Crippen LogP contribution in [0.2, 0.25) is 0 Å². The average molecular weight is 241 g/mol. The second-order valence-electron chi connectivity index (χ2n) is 5.22. The summed E-state index contributed by atoms with van der Waals surface area (Å²) in [6.07, 6.45) is 6.51. The molecular formula is C14H27NO2. The highest BCUT2D eigenvalue weighted by atomic mass is 16.5. The zero-order chi connectivity index (χ0) is 12.7. The molecule has 0 heterocycles. The Labute approximate surface area is 105 Å². The standard InChI is InChI=1S/C14H27NO2/c1-4-12-7-6-8-13(10-12)17-14(16)9-11(3)15-5-2/h11-13,15H,4-10H2,1-3H3. The maximum Gasteiger partial charge on any atom is 0.307 e. The Bertz CT molecular complexity index is 230. The molecule has 0 radical (unpaired) electrons. The molecule has 0 bridgehead atoms. The average Bonchev–Trinajstić information content (AvgIpc) is 2.29. The Balaban J connectivity index is 2.25. The van der Waals surface area contributed by atoms with Crippen molar-refractivity contribution in [1.82, 2.24) is 5.32 Å². The first-order valence-corrected chi connectivity index (χ1v) is 7.08. The maximum atomic E-state index is 11.7. The molecule has 1 aliphatic carbocycles. The Hall–Kier alpha value is -0.570. The third-order valence-corrected chi connectivity index (χ3v) is 3.64. The van der Waals surface area contributed by atoms with Crippen LogP contribution in [0.3, 0.4) is 0 Å². The molecule has 3 unspecified atom stereocenters. The number of ether oxygens (including phenoxy) is 1. The van der Waals surface area contributed by atoms with E-state index in [1.807, 2.05) is 6.92 Å². The van der Waals surface area contributed by atoms with Gasteiger partial charge in [-0.15, -0.1) is 0 Å². The summed E-state index contributed by atoms with van der Waals surface area (Å²) in [5, 5.41) is 3.23. The van der Waals surface area contributed by atoms with Crippen molar-refractivity contribution in [2.75, 3.05) is 6.54 Å². The number of carbonyl (C=O) groups excluding carboxylic acids is 1. The van der Waals surface area contributed by atoms with E-state index in [0.717, 1.165) is 25.3 Å². The van der Waals surface area contributed by atoms with E-state index in [1.165, 1.54) is 19.3 Å². The topological polar surface area (TPSA) is 38.3 Å². The molecule has 3 nitrogen and oxygen atoms in total. The molecule has 0 aromatic carbocycles. The number of hydrogen-bond donors (Lipinski definition) is 1. The van der Waals surface area contributed by atoms with Crippen molar-refractivity contribution in [2.24, 2.45) is 5.92 Å². The van der Waals surface area contributed by atoms with E-state index >= 15 is 0 Å². The number of carbonyl (C=O) groups is 1. The van der Waals surface area contributed by atoms with Crippen molar-refractivity contribution in [1.29, 1.82) is 0 Å². The third-order valence-electron chi connectivity index (χ3n) is 3.64. The number of rotatable bonds is 6. The lowest BCUT2D eigenvalue weighted by atomic mass is 9.85. The number of hydrogen-bond acceptors (Lipinski definition) is 3. The van der Waals surface area contributed by atoms with Crippen LogP contribution in [-0.4, -0.2) is 24.7 Å². The molecule has 0 aliphatic heterocycles. The molecule has 1 saturated carbocycles. The minimum atomic E-state index is -0.0415. The lowest BCUT2D eigenvalue weighted by Crippen LogP contribution is -2.31. The molecule has 0 aromatic heterocycles. The summed E-state index contributed by atoms with van der Waals surface area (Å²) < 4.78 is 5.56. The molecule has 1 rings (SSSR count). The van der Waals surface area contributed by atoms with Gasteiger partial charge in [-0.05, 0) is 38.6 Å². The molecule has 0 amide bonds. The fourth-order valence-corrected chi connectivity index (χ4v) is 2.62. The van der Waals surface area contributed by atoms with E-state index in [0.29, 0.717) is 6.42 Å². The fraction of sp³-hybridized carbons (Fsp3) is 0.929. The van der Waals surface area contributed by atoms with Gasteiger partial charge < -0.3 is 10.1 Å². The van der Waals surface area contributed by atoms with Crippen LogP contribution in [-0.2, 0) is 9.53 Å². The van der Waals surface area contributed by atoms with Crippen molar-refractivity contribution >= 4 is 5.97 Å². The van der Waals surface area contributed by atoms with Crippen LogP contribution in [0.5, 0.6) is 0 Å². The molecule has 3 heteroatoms. The van der Waals surface area contributed by atoms with Gasteiger partial charge in [-0.1, -0.05) is 26.7 Å². The first-order chi connectivity index (χ1) is 8.15. The fourth-order valence-electron chi connectivity index (χ4n) is 2.62. The molecule has 1 aliphatic rings. The van der Waals surface area contributed by atoms with Gasteiger partial charge >= 0.3 is 5.97 Å². The quantitative estimate of drug-likeness (QED) is 0.727. The zero-order valence-electron chi connectivity index (χ0n) is 11.5. The van der Waals surface area contributed by atoms with E-state index < -0.39 is 0 Å². The summed E-state index contributed by atoms with van der Waals surface area (Å²) in [4.78, 5) is 11.7. The Morgan fingerprint density at radius 1 is 1.41 bits per heavy atom. The molecule has 1 fully saturated rings. The van der Waals surface area contributed by atoms with Crippen LogP contribution in [0.1, 0.15) is 59.3 Å². The van der Waals surface area contributed by atoms with Crippen LogP contribution in [0.25, 0.3) is 0 Å². The van der Waals surface area contributed by atoms with Crippen molar-refractivity contribution in [3.8, 4) is 0 Å². The van der Waals surface area contributed by atoms with Gasteiger partial charge in [-0.2, -0.15) is 0 Å². The molecule has 3 atom stereocenters. The predicted molar refractivity (Wildman–Crippen MR) is 69.9 cm³/mol. The molecular weight excluding hydrogens is 214 g/mol. The van der Waals surface area contributed by atoms with Gasteiger partial charge in [0.2, 0.25) is 0 Å². The highest BCUT2D eigenvalue weighted by molar-refractivity contribution is 5.70. The lowest BCUT2D eigenvalue weighted by Gasteiger charge is -2.28. The van der Waals surface area contributed by atoms with Crippen LogP contribution in [0.4, 0.5) is 0 Å². The van der Waals surface area contributed by atoms with Crippen molar-refractivity contribution in [3.05, 3.63) is 0 Å². The molecule has 100 valence electrons. The van der Waals surface area contributed by atoms with E-state index in [-0.39, 0.29) is 18.1 Å².